The maximum atomic E-state index is 6.30. The molecule has 6 N–H and O–H groups in total. The highest BCUT2D eigenvalue weighted by Gasteiger charge is 2.21. The summed E-state index contributed by atoms with van der Waals surface area (Å²) in [6, 6.07) is 10.9. The van der Waals surface area contributed by atoms with E-state index in [0.29, 0.717) is 18.0 Å². The number of rotatable bonds is 5. The molecule has 1 aromatic heterocycles. The molecule has 3 aromatic rings. The second-order valence-electron chi connectivity index (χ2n) is 8.81. The molecule has 7 heteroatoms. The number of nitrogen functional groups attached to an aromatic ring is 1. The fourth-order valence-corrected chi connectivity index (χ4v) is 5.38. The van der Waals surface area contributed by atoms with Gasteiger partial charge in [0.15, 0.2) is 5.82 Å². The first kappa shape index (κ1) is 20.9. The normalized spacial score (nSPS) is 13.8. The van der Waals surface area contributed by atoms with Gasteiger partial charge in [0.2, 0.25) is 5.95 Å². The maximum Gasteiger partial charge on any atom is 0.226 e. The van der Waals surface area contributed by atoms with Crippen molar-refractivity contribution in [3.05, 3.63) is 58.1 Å². The molecule has 0 saturated carbocycles. The van der Waals surface area contributed by atoms with Crippen LogP contribution in [0.4, 0.5) is 5.95 Å². The summed E-state index contributed by atoms with van der Waals surface area (Å²) in [5.74, 6) is 1.47. The Morgan fingerprint density at radius 2 is 1.83 bits per heavy atom. The predicted octanol–water partition coefficient (Wildman–Crippen LogP) is 4.13. The topological polar surface area (TPSA) is 109 Å². The lowest BCUT2D eigenvalue weighted by Gasteiger charge is -2.20. The number of hydrogen-bond donors (Lipinski definition) is 3. The van der Waals surface area contributed by atoms with E-state index in [9.17, 15) is 0 Å². The molecular formula is C23H31N6P. The Hall–Kier alpha value is -2.40. The molecule has 0 amide bonds. The molecule has 4 rings (SSSR count). The fourth-order valence-electron chi connectivity index (χ4n) is 4.49. The molecule has 0 atom stereocenters. The highest BCUT2D eigenvalue weighted by molar-refractivity contribution is 7.68. The fraction of sp³-hybridized carbons (Fsp3) is 0.348. The van der Waals surface area contributed by atoms with Gasteiger partial charge in [0, 0.05) is 18.9 Å². The van der Waals surface area contributed by atoms with E-state index in [2.05, 4.69) is 67.6 Å². The first-order valence-corrected chi connectivity index (χ1v) is 12.7. The summed E-state index contributed by atoms with van der Waals surface area (Å²) >= 11 is 0. The summed E-state index contributed by atoms with van der Waals surface area (Å²) < 4.78 is 1.94. The van der Waals surface area contributed by atoms with Gasteiger partial charge in [-0.05, 0) is 78.1 Å². The molecule has 0 spiro atoms. The van der Waals surface area contributed by atoms with Crippen molar-refractivity contribution in [3.63, 3.8) is 0 Å². The van der Waals surface area contributed by atoms with Crippen LogP contribution in [0.25, 0.3) is 17.1 Å². The van der Waals surface area contributed by atoms with E-state index in [1.54, 1.807) is 0 Å². The van der Waals surface area contributed by atoms with Gasteiger partial charge in [-0.15, -0.1) is 10.2 Å². The van der Waals surface area contributed by atoms with Crippen LogP contribution in [0.3, 0.4) is 0 Å². The summed E-state index contributed by atoms with van der Waals surface area (Å²) in [5, 5.41) is 8.69. The highest BCUT2D eigenvalue weighted by Crippen LogP contribution is 2.39. The van der Waals surface area contributed by atoms with Crippen LogP contribution < -0.4 is 16.7 Å². The maximum absolute atomic E-state index is 6.30. The summed E-state index contributed by atoms with van der Waals surface area (Å²) in [6.45, 7) is 6.50. The Bertz CT molecular complexity index is 1150. The van der Waals surface area contributed by atoms with Crippen molar-refractivity contribution in [3.8, 4) is 17.1 Å². The third-order valence-corrected chi connectivity index (χ3v) is 6.78. The van der Waals surface area contributed by atoms with Gasteiger partial charge in [-0.25, -0.2) is 0 Å². The van der Waals surface area contributed by atoms with Crippen LogP contribution in [0.2, 0.25) is 0 Å². The average Bonchev–Trinajstić information content (AvgIpc) is 3.26. The van der Waals surface area contributed by atoms with Crippen molar-refractivity contribution in [1.82, 2.24) is 14.8 Å². The quantitative estimate of drug-likeness (QED) is 0.536. The number of nitrogens with two attached hydrogens (primary N) is 3. The van der Waals surface area contributed by atoms with Crippen molar-refractivity contribution >= 4 is 19.4 Å². The second-order valence-corrected chi connectivity index (χ2v) is 11.3. The van der Waals surface area contributed by atoms with Gasteiger partial charge in [-0.2, -0.15) is 0 Å². The van der Waals surface area contributed by atoms with Crippen LogP contribution in [0.1, 0.15) is 54.0 Å². The van der Waals surface area contributed by atoms with Crippen molar-refractivity contribution in [2.75, 3.05) is 5.73 Å². The van der Waals surface area contributed by atoms with Gasteiger partial charge < -0.3 is 5.73 Å². The Morgan fingerprint density at radius 1 is 1.10 bits per heavy atom. The van der Waals surface area contributed by atoms with Crippen LogP contribution in [0.15, 0.2) is 30.3 Å². The Morgan fingerprint density at radius 3 is 2.53 bits per heavy atom. The van der Waals surface area contributed by atoms with Crippen LogP contribution in [0, 0.1) is 6.92 Å². The van der Waals surface area contributed by atoms with Gasteiger partial charge in [0.05, 0.1) is 5.69 Å². The standard InChI is InChI=1S/C23H31N6P/c1-14(2)20-12-21(18(10-15(20)3)13-30(4,25)26)22-27-28-23(24)29(22)19-9-8-16-6-5-7-17(16)11-19/h8-12,14H,4-7,13,25-26H2,1-3H3,(H2,24,28). The second kappa shape index (κ2) is 7.69. The van der Waals surface area contributed by atoms with Crippen molar-refractivity contribution < 1.29 is 0 Å². The average molecular weight is 423 g/mol. The third kappa shape index (κ3) is 3.95. The van der Waals surface area contributed by atoms with E-state index in [0.717, 1.165) is 35.5 Å². The third-order valence-electron chi connectivity index (χ3n) is 5.85. The molecule has 6 nitrogen and oxygen atoms in total. The largest absolute Gasteiger partial charge is 0.368 e. The molecule has 0 radical (unpaired) electrons. The number of hydrogen-bond acceptors (Lipinski definition) is 5. The zero-order valence-electron chi connectivity index (χ0n) is 18.0. The zero-order chi connectivity index (χ0) is 21.6. The molecule has 158 valence electrons. The van der Waals surface area contributed by atoms with Gasteiger partial charge >= 0.3 is 0 Å². The van der Waals surface area contributed by atoms with E-state index < -0.39 is 7.19 Å². The molecule has 1 aliphatic carbocycles. The lowest BCUT2D eigenvalue weighted by Crippen LogP contribution is -2.10. The first-order chi connectivity index (χ1) is 14.1. The SMILES string of the molecule is C=P(N)(N)Cc1cc(C)c(C(C)C)cc1-c1nnc(N)n1-c1ccc2c(c1)CCC2. The van der Waals surface area contributed by atoms with Gasteiger partial charge in [0.25, 0.3) is 0 Å². The van der Waals surface area contributed by atoms with E-state index >= 15 is 0 Å². The van der Waals surface area contributed by atoms with Gasteiger partial charge in [-0.3, -0.25) is 15.6 Å². The van der Waals surface area contributed by atoms with E-state index in [-0.39, 0.29) is 0 Å². The van der Waals surface area contributed by atoms with Gasteiger partial charge in [-0.1, -0.05) is 32.3 Å². The summed E-state index contributed by atoms with van der Waals surface area (Å²) in [4.78, 5) is 0. The Balaban J connectivity index is 1.93. The number of aryl methyl sites for hydroxylation is 3. The summed E-state index contributed by atoms with van der Waals surface area (Å²) in [7, 11) is -2.27. The van der Waals surface area contributed by atoms with Crippen molar-refractivity contribution in [2.45, 2.75) is 52.1 Å². The summed E-state index contributed by atoms with van der Waals surface area (Å²) in [5.41, 5.74) is 27.0. The molecule has 0 fully saturated rings. The molecule has 2 aromatic carbocycles. The molecular weight excluding hydrogens is 391 g/mol. The minimum atomic E-state index is -2.27. The Kier molecular flexibility index (Phi) is 5.35. The van der Waals surface area contributed by atoms with Crippen molar-refractivity contribution in [1.29, 1.82) is 0 Å². The monoisotopic (exact) mass is 422 g/mol. The Labute approximate surface area is 178 Å². The lowest BCUT2D eigenvalue weighted by atomic mass is 9.92. The van der Waals surface area contributed by atoms with E-state index in [1.807, 2.05) is 4.57 Å². The first-order valence-electron chi connectivity index (χ1n) is 10.4. The molecule has 1 heterocycles. The molecule has 0 bridgehead atoms. The molecule has 0 aliphatic heterocycles. The summed E-state index contributed by atoms with van der Waals surface area (Å²) in [6.07, 6.45) is 7.98. The highest BCUT2D eigenvalue weighted by atomic mass is 31.2. The molecule has 0 unspecified atom stereocenters. The van der Waals surface area contributed by atoms with E-state index in [4.69, 9.17) is 16.7 Å². The zero-order valence-corrected chi connectivity index (χ0v) is 18.9. The van der Waals surface area contributed by atoms with Crippen LogP contribution in [-0.4, -0.2) is 21.1 Å². The number of anilines is 1. The van der Waals surface area contributed by atoms with E-state index in [1.165, 1.54) is 28.7 Å². The van der Waals surface area contributed by atoms with Crippen LogP contribution >= 0.6 is 7.19 Å². The number of benzene rings is 2. The minimum absolute atomic E-state index is 0.372. The molecule has 0 saturated heterocycles. The molecule has 30 heavy (non-hydrogen) atoms. The number of aromatic nitrogens is 3. The van der Waals surface area contributed by atoms with Crippen LogP contribution in [-0.2, 0) is 19.0 Å². The predicted molar refractivity (Wildman–Crippen MR) is 128 cm³/mol. The minimum Gasteiger partial charge on any atom is -0.368 e. The smallest absolute Gasteiger partial charge is 0.226 e. The molecule has 1 aliphatic rings. The van der Waals surface area contributed by atoms with Crippen molar-refractivity contribution in [2.24, 2.45) is 11.0 Å². The van der Waals surface area contributed by atoms with Crippen LogP contribution in [0.5, 0.6) is 0 Å². The lowest BCUT2D eigenvalue weighted by molar-refractivity contribution is 0.855. The number of fused-ring (bicyclic) bond motifs is 1. The number of nitrogens with zero attached hydrogens (tertiary/aromatic N) is 3. The van der Waals surface area contributed by atoms with Gasteiger partial charge in [0.1, 0.15) is 0 Å².